The molecule has 0 aliphatic carbocycles. The summed E-state index contributed by atoms with van der Waals surface area (Å²) in [7, 11) is 0. The molecule has 33 heavy (non-hydrogen) atoms. The Bertz CT molecular complexity index is 1230. The summed E-state index contributed by atoms with van der Waals surface area (Å²) in [5.74, 6) is 1.57. The first-order valence-electron chi connectivity index (χ1n) is 10.8. The molecule has 3 heterocycles. The van der Waals surface area contributed by atoms with Crippen molar-refractivity contribution in [2.24, 2.45) is 0 Å². The Morgan fingerprint density at radius 1 is 0.788 bits per heavy atom. The van der Waals surface area contributed by atoms with Crippen LogP contribution in [-0.2, 0) is 12.7 Å². The van der Waals surface area contributed by atoms with Crippen molar-refractivity contribution in [2.75, 3.05) is 31.1 Å². The first-order chi connectivity index (χ1) is 16.0. The normalized spacial score (nSPS) is 15.2. The maximum absolute atomic E-state index is 12.8. The van der Waals surface area contributed by atoms with E-state index >= 15 is 0 Å². The molecule has 4 aromatic rings. The topological polar surface area (TPSA) is 45.2 Å². The summed E-state index contributed by atoms with van der Waals surface area (Å²) in [6, 6.07) is 17.2. The van der Waals surface area contributed by atoms with Gasteiger partial charge in [-0.3, -0.25) is 9.88 Å². The molecule has 1 fully saturated rings. The van der Waals surface area contributed by atoms with Crippen molar-refractivity contribution in [3.05, 3.63) is 84.2 Å². The number of pyridine rings is 1. The van der Waals surface area contributed by atoms with Gasteiger partial charge >= 0.3 is 6.18 Å². The number of fused-ring (bicyclic) bond motifs is 1. The Morgan fingerprint density at radius 3 is 2.18 bits per heavy atom. The van der Waals surface area contributed by atoms with Crippen LogP contribution in [0.1, 0.15) is 11.1 Å². The molecule has 0 radical (unpaired) electrons. The van der Waals surface area contributed by atoms with E-state index < -0.39 is 11.7 Å². The molecule has 2 aromatic heterocycles. The quantitative estimate of drug-likeness (QED) is 0.437. The van der Waals surface area contributed by atoms with Gasteiger partial charge in [-0.1, -0.05) is 24.3 Å². The van der Waals surface area contributed by atoms with Gasteiger partial charge in [0, 0.05) is 56.1 Å². The van der Waals surface area contributed by atoms with Gasteiger partial charge in [0.05, 0.1) is 11.1 Å². The summed E-state index contributed by atoms with van der Waals surface area (Å²) in [4.78, 5) is 18.2. The van der Waals surface area contributed by atoms with E-state index in [9.17, 15) is 13.2 Å². The summed E-state index contributed by atoms with van der Waals surface area (Å²) >= 11 is 0. The monoisotopic (exact) mass is 449 g/mol. The van der Waals surface area contributed by atoms with Gasteiger partial charge in [-0.15, -0.1) is 0 Å². The number of anilines is 1. The molecule has 0 spiro atoms. The van der Waals surface area contributed by atoms with Gasteiger partial charge in [-0.25, -0.2) is 9.97 Å². The highest BCUT2D eigenvalue weighted by Gasteiger charge is 2.30. The molecule has 168 valence electrons. The Balaban J connectivity index is 1.33. The lowest BCUT2D eigenvalue weighted by atomic mass is 10.1. The highest BCUT2D eigenvalue weighted by Crippen LogP contribution is 2.30. The van der Waals surface area contributed by atoms with Crippen LogP contribution in [0.25, 0.3) is 22.3 Å². The summed E-state index contributed by atoms with van der Waals surface area (Å²) in [6.45, 7) is 3.77. The smallest absolute Gasteiger partial charge is 0.353 e. The van der Waals surface area contributed by atoms with Crippen LogP contribution in [0.15, 0.2) is 73.1 Å². The number of halogens is 3. The first kappa shape index (κ1) is 21.3. The molecule has 0 bridgehead atoms. The number of aromatic nitrogens is 3. The number of hydrogen-bond donors (Lipinski definition) is 0. The largest absolute Gasteiger partial charge is 0.416 e. The highest BCUT2D eigenvalue weighted by molar-refractivity contribution is 5.91. The molecule has 2 aromatic carbocycles. The van der Waals surface area contributed by atoms with Crippen LogP contribution in [0.4, 0.5) is 19.0 Å². The number of alkyl halides is 3. The number of rotatable bonds is 4. The Hall–Kier alpha value is -3.52. The van der Waals surface area contributed by atoms with Crippen LogP contribution >= 0.6 is 0 Å². The molecular weight excluding hydrogens is 427 g/mol. The average Bonchev–Trinajstić information content (AvgIpc) is 2.84. The van der Waals surface area contributed by atoms with Crippen molar-refractivity contribution in [1.82, 2.24) is 19.9 Å². The Kier molecular flexibility index (Phi) is 5.68. The maximum Gasteiger partial charge on any atom is 0.416 e. The van der Waals surface area contributed by atoms with E-state index in [0.717, 1.165) is 66.2 Å². The fourth-order valence-corrected chi connectivity index (χ4v) is 4.11. The summed E-state index contributed by atoms with van der Waals surface area (Å²) in [5.41, 5.74) is 2.07. The summed E-state index contributed by atoms with van der Waals surface area (Å²) < 4.78 is 38.4. The number of para-hydroxylation sites is 1. The molecule has 0 amide bonds. The van der Waals surface area contributed by atoms with E-state index in [2.05, 4.69) is 14.8 Å². The molecule has 8 heteroatoms. The van der Waals surface area contributed by atoms with Gasteiger partial charge in [0.15, 0.2) is 5.82 Å². The third-order valence-electron chi connectivity index (χ3n) is 5.88. The van der Waals surface area contributed by atoms with Gasteiger partial charge in [0.1, 0.15) is 5.82 Å². The van der Waals surface area contributed by atoms with Gasteiger partial charge in [0.2, 0.25) is 0 Å². The zero-order valence-electron chi connectivity index (χ0n) is 17.8. The van der Waals surface area contributed by atoms with E-state index in [1.807, 2.05) is 36.4 Å². The number of benzene rings is 2. The molecular formula is C25H22F3N5. The molecule has 5 rings (SSSR count). The van der Waals surface area contributed by atoms with Crippen molar-refractivity contribution in [1.29, 1.82) is 0 Å². The zero-order valence-corrected chi connectivity index (χ0v) is 17.8. The first-order valence-corrected chi connectivity index (χ1v) is 10.8. The fourth-order valence-electron chi connectivity index (χ4n) is 4.11. The third kappa shape index (κ3) is 4.66. The van der Waals surface area contributed by atoms with Gasteiger partial charge in [0.25, 0.3) is 0 Å². The number of hydrogen-bond acceptors (Lipinski definition) is 5. The van der Waals surface area contributed by atoms with E-state index in [0.29, 0.717) is 12.4 Å². The fraction of sp³-hybridized carbons (Fsp3) is 0.240. The SMILES string of the molecule is FC(F)(F)c1ccc(CN2CCN(c3nc(-c4ccncc4)nc4ccccc34)CC2)cc1. The van der Waals surface area contributed by atoms with Crippen LogP contribution in [0, 0.1) is 0 Å². The second kappa shape index (κ2) is 8.78. The molecule has 0 saturated carbocycles. The minimum absolute atomic E-state index is 0.614. The lowest BCUT2D eigenvalue weighted by molar-refractivity contribution is -0.137. The average molecular weight is 449 g/mol. The van der Waals surface area contributed by atoms with Gasteiger partial charge in [-0.2, -0.15) is 13.2 Å². The third-order valence-corrected chi connectivity index (χ3v) is 5.88. The van der Waals surface area contributed by atoms with Crippen LogP contribution in [-0.4, -0.2) is 46.0 Å². The van der Waals surface area contributed by atoms with E-state index in [1.165, 1.54) is 0 Å². The minimum atomic E-state index is -4.31. The van der Waals surface area contributed by atoms with Gasteiger partial charge in [-0.05, 0) is 42.0 Å². The van der Waals surface area contributed by atoms with E-state index in [-0.39, 0.29) is 0 Å². The van der Waals surface area contributed by atoms with Crippen molar-refractivity contribution < 1.29 is 13.2 Å². The number of piperazine rings is 1. The second-order valence-electron chi connectivity index (χ2n) is 8.08. The predicted octanol–water partition coefficient (Wildman–Crippen LogP) is 5.03. The highest BCUT2D eigenvalue weighted by atomic mass is 19.4. The van der Waals surface area contributed by atoms with Crippen LogP contribution in [0.2, 0.25) is 0 Å². The predicted molar refractivity (Wildman–Crippen MR) is 122 cm³/mol. The van der Waals surface area contributed by atoms with Crippen LogP contribution in [0.3, 0.4) is 0 Å². The maximum atomic E-state index is 12.8. The molecule has 0 atom stereocenters. The van der Waals surface area contributed by atoms with Crippen LogP contribution in [0.5, 0.6) is 0 Å². The molecule has 1 aliphatic rings. The summed E-state index contributed by atoms with van der Waals surface area (Å²) in [6.07, 6.45) is -0.846. The van der Waals surface area contributed by atoms with Gasteiger partial charge < -0.3 is 4.90 Å². The molecule has 0 unspecified atom stereocenters. The molecule has 1 saturated heterocycles. The molecule has 5 nitrogen and oxygen atoms in total. The second-order valence-corrected chi connectivity index (χ2v) is 8.08. The lowest BCUT2D eigenvalue weighted by Crippen LogP contribution is -2.46. The van der Waals surface area contributed by atoms with Crippen LogP contribution < -0.4 is 4.90 Å². The molecule has 1 aliphatic heterocycles. The van der Waals surface area contributed by atoms with Crippen molar-refractivity contribution in [3.63, 3.8) is 0 Å². The lowest BCUT2D eigenvalue weighted by Gasteiger charge is -2.36. The Morgan fingerprint density at radius 2 is 1.48 bits per heavy atom. The van der Waals surface area contributed by atoms with E-state index in [4.69, 9.17) is 9.97 Å². The Labute approximate surface area is 189 Å². The van der Waals surface area contributed by atoms with Crippen molar-refractivity contribution >= 4 is 16.7 Å². The van der Waals surface area contributed by atoms with E-state index in [1.54, 1.807) is 24.5 Å². The van der Waals surface area contributed by atoms with Crippen molar-refractivity contribution in [3.8, 4) is 11.4 Å². The summed E-state index contributed by atoms with van der Waals surface area (Å²) in [5, 5.41) is 1.01. The molecule has 0 N–H and O–H groups in total. The van der Waals surface area contributed by atoms with Crippen molar-refractivity contribution in [2.45, 2.75) is 12.7 Å². The standard InChI is InChI=1S/C25H22F3N5/c26-25(27,28)20-7-5-18(6-8-20)17-32-13-15-33(16-14-32)24-21-3-1-2-4-22(21)30-23(31-24)19-9-11-29-12-10-19/h1-12H,13-17H2. The zero-order chi connectivity index (χ0) is 22.8. The number of nitrogens with zero attached hydrogens (tertiary/aromatic N) is 5. The minimum Gasteiger partial charge on any atom is -0.353 e.